The lowest BCUT2D eigenvalue weighted by molar-refractivity contribution is 0.213. The van der Waals surface area contributed by atoms with Gasteiger partial charge in [0.05, 0.1) is 13.7 Å². The highest BCUT2D eigenvalue weighted by Crippen LogP contribution is 2.26. The van der Waals surface area contributed by atoms with Crippen molar-refractivity contribution in [3.8, 4) is 11.5 Å². The van der Waals surface area contributed by atoms with Crippen LogP contribution in [0.5, 0.6) is 11.5 Å². The van der Waals surface area contributed by atoms with Gasteiger partial charge in [0, 0.05) is 13.6 Å². The minimum atomic E-state index is -0.00693. The van der Waals surface area contributed by atoms with E-state index in [4.69, 9.17) is 9.47 Å². The van der Waals surface area contributed by atoms with Crippen molar-refractivity contribution >= 4 is 29.9 Å². The highest BCUT2D eigenvalue weighted by atomic mass is 127. The first-order valence-corrected chi connectivity index (χ1v) is 9.61. The summed E-state index contributed by atoms with van der Waals surface area (Å²) in [6, 6.07) is 7.68. The van der Waals surface area contributed by atoms with Crippen LogP contribution >= 0.6 is 24.0 Å². The monoisotopic (exact) mass is 492 g/mol. The fourth-order valence-corrected chi connectivity index (χ4v) is 2.64. The van der Waals surface area contributed by atoms with Gasteiger partial charge in [-0.3, -0.25) is 4.99 Å². The second kappa shape index (κ2) is 15.8. The predicted molar refractivity (Wildman–Crippen MR) is 125 cm³/mol. The van der Waals surface area contributed by atoms with Crippen LogP contribution in [0.4, 0.5) is 0 Å². The SMILES string of the molecule is CCN(CC)CCCCNC(=NC)NCC(C)Oc1ccccc1OC.I. The summed E-state index contributed by atoms with van der Waals surface area (Å²) < 4.78 is 11.3. The Hall–Kier alpha value is -1.22. The van der Waals surface area contributed by atoms with Gasteiger partial charge in [-0.05, 0) is 51.5 Å². The van der Waals surface area contributed by atoms with Crippen molar-refractivity contribution in [3.63, 3.8) is 0 Å². The Morgan fingerprint density at radius 1 is 1.11 bits per heavy atom. The number of benzene rings is 1. The molecule has 1 aromatic rings. The molecule has 27 heavy (non-hydrogen) atoms. The Morgan fingerprint density at radius 3 is 2.37 bits per heavy atom. The van der Waals surface area contributed by atoms with Gasteiger partial charge in [-0.15, -0.1) is 24.0 Å². The van der Waals surface area contributed by atoms with Gasteiger partial charge in [0.25, 0.3) is 0 Å². The molecule has 0 spiro atoms. The van der Waals surface area contributed by atoms with Crippen LogP contribution in [0.25, 0.3) is 0 Å². The van der Waals surface area contributed by atoms with Crippen molar-refractivity contribution in [2.45, 2.75) is 39.7 Å². The van der Waals surface area contributed by atoms with Gasteiger partial charge in [-0.1, -0.05) is 26.0 Å². The smallest absolute Gasteiger partial charge is 0.191 e. The van der Waals surface area contributed by atoms with Gasteiger partial charge >= 0.3 is 0 Å². The number of nitrogens with zero attached hydrogens (tertiary/aromatic N) is 2. The third-order valence-electron chi connectivity index (χ3n) is 4.27. The number of unbranched alkanes of at least 4 members (excludes halogenated alkanes) is 1. The summed E-state index contributed by atoms with van der Waals surface area (Å²) in [6.45, 7) is 11.4. The van der Waals surface area contributed by atoms with Gasteiger partial charge in [0.2, 0.25) is 0 Å². The number of methoxy groups -OCH3 is 1. The van der Waals surface area contributed by atoms with Crippen molar-refractivity contribution < 1.29 is 9.47 Å². The van der Waals surface area contributed by atoms with Gasteiger partial charge < -0.3 is 25.0 Å². The first-order valence-electron chi connectivity index (χ1n) is 9.61. The molecule has 0 bridgehead atoms. The number of rotatable bonds is 12. The van der Waals surface area contributed by atoms with E-state index in [-0.39, 0.29) is 30.1 Å². The largest absolute Gasteiger partial charge is 0.493 e. The average Bonchev–Trinajstić information content (AvgIpc) is 2.67. The molecule has 0 saturated carbocycles. The molecule has 6 nitrogen and oxygen atoms in total. The number of aliphatic imine (C=N–C) groups is 1. The van der Waals surface area contributed by atoms with Crippen LogP contribution in [0.3, 0.4) is 0 Å². The van der Waals surface area contributed by atoms with E-state index in [9.17, 15) is 0 Å². The molecule has 0 saturated heterocycles. The van der Waals surface area contributed by atoms with Crippen molar-refractivity contribution in [3.05, 3.63) is 24.3 Å². The second-order valence-electron chi connectivity index (χ2n) is 6.19. The van der Waals surface area contributed by atoms with Crippen LogP contribution in [0.15, 0.2) is 29.3 Å². The summed E-state index contributed by atoms with van der Waals surface area (Å²) in [5.41, 5.74) is 0. The normalized spacial score (nSPS) is 12.3. The van der Waals surface area contributed by atoms with E-state index in [0.717, 1.165) is 50.1 Å². The summed E-state index contributed by atoms with van der Waals surface area (Å²) in [4.78, 5) is 6.72. The van der Waals surface area contributed by atoms with Crippen LogP contribution in [-0.4, -0.2) is 63.8 Å². The topological polar surface area (TPSA) is 58.1 Å². The minimum absolute atomic E-state index is 0. The highest BCUT2D eigenvalue weighted by Gasteiger charge is 2.09. The number of para-hydroxylation sites is 2. The molecule has 156 valence electrons. The van der Waals surface area contributed by atoms with E-state index < -0.39 is 0 Å². The quantitative estimate of drug-likeness (QED) is 0.203. The van der Waals surface area contributed by atoms with E-state index in [2.05, 4.69) is 34.4 Å². The van der Waals surface area contributed by atoms with Crippen molar-refractivity contribution in [1.82, 2.24) is 15.5 Å². The molecule has 1 aromatic carbocycles. The molecule has 0 aliphatic rings. The summed E-state index contributed by atoms with van der Waals surface area (Å²) in [5, 5.41) is 6.67. The van der Waals surface area contributed by atoms with Gasteiger partial charge in [0.15, 0.2) is 17.5 Å². The molecule has 0 amide bonds. The molecule has 0 aliphatic heterocycles. The molecule has 0 aliphatic carbocycles. The molecular weight excluding hydrogens is 455 g/mol. The first kappa shape index (κ1) is 25.8. The van der Waals surface area contributed by atoms with Crippen LogP contribution in [0.1, 0.15) is 33.6 Å². The van der Waals surface area contributed by atoms with Crippen LogP contribution < -0.4 is 20.1 Å². The third kappa shape index (κ3) is 10.6. The van der Waals surface area contributed by atoms with Crippen LogP contribution in [0, 0.1) is 0 Å². The maximum absolute atomic E-state index is 5.95. The average molecular weight is 492 g/mol. The second-order valence-corrected chi connectivity index (χ2v) is 6.19. The lowest BCUT2D eigenvalue weighted by Crippen LogP contribution is -2.42. The number of ether oxygens (including phenoxy) is 2. The van der Waals surface area contributed by atoms with Crippen LogP contribution in [-0.2, 0) is 0 Å². The number of guanidine groups is 1. The first-order chi connectivity index (χ1) is 12.6. The number of hydrogen-bond donors (Lipinski definition) is 2. The summed E-state index contributed by atoms with van der Waals surface area (Å²) in [6.07, 6.45) is 2.32. The molecule has 0 radical (unpaired) electrons. The lowest BCUT2D eigenvalue weighted by Gasteiger charge is -2.19. The fourth-order valence-electron chi connectivity index (χ4n) is 2.64. The van der Waals surface area contributed by atoms with E-state index in [1.165, 1.54) is 6.42 Å². The number of hydrogen-bond acceptors (Lipinski definition) is 4. The van der Waals surface area contributed by atoms with Gasteiger partial charge in [-0.25, -0.2) is 0 Å². The Balaban J connectivity index is 0.00000676. The number of nitrogens with one attached hydrogen (secondary N) is 2. The lowest BCUT2D eigenvalue weighted by atomic mass is 10.3. The maximum Gasteiger partial charge on any atom is 0.191 e. The maximum atomic E-state index is 5.95. The Kier molecular flexibility index (Phi) is 15.1. The molecule has 2 N–H and O–H groups in total. The fraction of sp³-hybridized carbons (Fsp3) is 0.650. The van der Waals surface area contributed by atoms with E-state index >= 15 is 0 Å². The molecular formula is C20H37IN4O2. The molecule has 0 fully saturated rings. The molecule has 1 rings (SSSR count). The molecule has 0 aromatic heterocycles. The standard InChI is InChI=1S/C20H36N4O2.HI/c1-6-24(7-2)15-11-10-14-22-20(21-4)23-16-17(3)26-19-13-9-8-12-18(19)25-5;/h8-9,12-13,17H,6-7,10-11,14-16H2,1-5H3,(H2,21,22,23);1H. The number of halogens is 1. The van der Waals surface area contributed by atoms with Gasteiger partial charge in [0.1, 0.15) is 6.10 Å². The molecule has 1 unspecified atom stereocenters. The third-order valence-corrected chi connectivity index (χ3v) is 4.27. The summed E-state index contributed by atoms with van der Waals surface area (Å²) >= 11 is 0. The van der Waals surface area contributed by atoms with Crippen molar-refractivity contribution in [1.29, 1.82) is 0 Å². The Labute approximate surface area is 182 Å². The van der Waals surface area contributed by atoms with E-state index in [1.54, 1.807) is 14.2 Å². The molecule has 7 heteroatoms. The van der Waals surface area contributed by atoms with Crippen molar-refractivity contribution in [2.75, 3.05) is 46.9 Å². The van der Waals surface area contributed by atoms with E-state index in [0.29, 0.717) is 6.54 Å². The molecule has 0 heterocycles. The van der Waals surface area contributed by atoms with E-state index in [1.807, 2.05) is 31.2 Å². The zero-order valence-electron chi connectivity index (χ0n) is 17.5. The van der Waals surface area contributed by atoms with Crippen LogP contribution in [0.2, 0.25) is 0 Å². The Bertz CT molecular complexity index is 524. The summed E-state index contributed by atoms with van der Waals surface area (Å²) in [7, 11) is 3.44. The summed E-state index contributed by atoms with van der Waals surface area (Å²) in [5.74, 6) is 2.31. The zero-order valence-corrected chi connectivity index (χ0v) is 19.8. The van der Waals surface area contributed by atoms with Crippen molar-refractivity contribution in [2.24, 2.45) is 4.99 Å². The Morgan fingerprint density at radius 2 is 1.78 bits per heavy atom. The zero-order chi connectivity index (χ0) is 19.2. The van der Waals surface area contributed by atoms with Gasteiger partial charge in [-0.2, -0.15) is 0 Å². The highest BCUT2D eigenvalue weighted by molar-refractivity contribution is 14.0. The minimum Gasteiger partial charge on any atom is -0.493 e. The molecule has 1 atom stereocenters. The predicted octanol–water partition coefficient (Wildman–Crippen LogP) is 3.37.